The van der Waals surface area contributed by atoms with E-state index in [-0.39, 0.29) is 19.0 Å². The fraction of sp³-hybridized carbons (Fsp3) is 0.400. The Balaban J connectivity index is 1.86. The SMILES string of the molecule is CCOC(=O)C1=C(C)N=C2C[C@@H](c3ccc(OC)cc3)[C@H](C(=O)OCC)C(=O)C2[C@@H]1c1ccc(OC)cc1. The minimum atomic E-state index is -1.05. The molecule has 2 aromatic rings. The Bertz CT molecular complexity index is 1260. The summed E-state index contributed by atoms with van der Waals surface area (Å²) in [6.45, 7) is 5.54. The third-order valence-corrected chi connectivity index (χ3v) is 7.20. The first kappa shape index (κ1) is 27.1. The Morgan fingerprint density at radius 3 is 1.92 bits per heavy atom. The van der Waals surface area contributed by atoms with Crippen molar-refractivity contribution < 1.29 is 33.3 Å². The Morgan fingerprint density at radius 2 is 1.39 bits per heavy atom. The first-order valence-electron chi connectivity index (χ1n) is 12.8. The van der Waals surface area contributed by atoms with E-state index in [0.29, 0.717) is 34.9 Å². The Hall–Kier alpha value is -3.94. The first-order chi connectivity index (χ1) is 18.3. The van der Waals surface area contributed by atoms with E-state index >= 15 is 0 Å². The molecule has 200 valence electrons. The predicted molar refractivity (Wildman–Crippen MR) is 141 cm³/mol. The predicted octanol–water partition coefficient (Wildman–Crippen LogP) is 4.63. The lowest BCUT2D eigenvalue weighted by molar-refractivity contribution is -0.153. The van der Waals surface area contributed by atoms with Gasteiger partial charge in [-0.15, -0.1) is 0 Å². The molecule has 4 atom stereocenters. The normalized spacial score (nSPS) is 22.8. The van der Waals surface area contributed by atoms with Gasteiger partial charge < -0.3 is 18.9 Å². The van der Waals surface area contributed by atoms with Crippen LogP contribution in [-0.2, 0) is 23.9 Å². The van der Waals surface area contributed by atoms with E-state index < -0.39 is 35.6 Å². The molecule has 38 heavy (non-hydrogen) atoms. The molecule has 1 aliphatic carbocycles. The van der Waals surface area contributed by atoms with Crippen molar-refractivity contribution in [3.63, 3.8) is 0 Å². The second kappa shape index (κ2) is 11.6. The van der Waals surface area contributed by atoms with E-state index in [1.165, 1.54) is 0 Å². The van der Waals surface area contributed by atoms with Crippen LogP contribution in [0.1, 0.15) is 50.2 Å². The molecule has 8 heteroatoms. The van der Waals surface area contributed by atoms with Gasteiger partial charge in [0.1, 0.15) is 17.4 Å². The van der Waals surface area contributed by atoms with E-state index in [4.69, 9.17) is 23.9 Å². The zero-order chi connectivity index (χ0) is 27.4. The number of hydrogen-bond donors (Lipinski definition) is 0. The van der Waals surface area contributed by atoms with Crippen molar-refractivity contribution >= 4 is 23.4 Å². The molecule has 1 heterocycles. The maximum Gasteiger partial charge on any atom is 0.336 e. The zero-order valence-electron chi connectivity index (χ0n) is 22.4. The van der Waals surface area contributed by atoms with Crippen LogP contribution in [0, 0.1) is 11.8 Å². The maximum atomic E-state index is 14.3. The smallest absolute Gasteiger partial charge is 0.336 e. The van der Waals surface area contributed by atoms with Gasteiger partial charge in [-0.3, -0.25) is 14.6 Å². The monoisotopic (exact) mass is 519 g/mol. The molecule has 0 saturated heterocycles. The maximum absolute atomic E-state index is 14.3. The topological polar surface area (TPSA) is 100 Å². The van der Waals surface area contributed by atoms with E-state index in [1.54, 1.807) is 59.3 Å². The molecule has 0 spiro atoms. The highest BCUT2D eigenvalue weighted by Gasteiger charge is 2.53. The number of ketones is 1. The second-order valence-corrected chi connectivity index (χ2v) is 9.27. The van der Waals surface area contributed by atoms with Crippen LogP contribution >= 0.6 is 0 Å². The Kier molecular flexibility index (Phi) is 8.29. The van der Waals surface area contributed by atoms with Crippen molar-refractivity contribution in [3.05, 3.63) is 70.9 Å². The van der Waals surface area contributed by atoms with Gasteiger partial charge in [-0.25, -0.2) is 4.79 Å². The largest absolute Gasteiger partial charge is 0.497 e. The highest BCUT2D eigenvalue weighted by atomic mass is 16.5. The molecule has 0 bridgehead atoms. The molecule has 1 unspecified atom stereocenters. The molecule has 4 rings (SSSR count). The summed E-state index contributed by atoms with van der Waals surface area (Å²) < 4.78 is 21.4. The number of fused-ring (bicyclic) bond motifs is 1. The standard InChI is InChI=1S/C30H33NO7/c1-6-37-29(33)24-17(3)31-23-16-22(18-8-12-20(35-4)13-9-18)26(30(34)38-7-2)28(32)27(23)25(24)19-10-14-21(36-5)15-11-19/h8-15,22,25-27H,6-7,16H2,1-5H3/t22-,25+,26-,27?/m0/s1. The third kappa shape index (κ3) is 5.08. The number of hydrogen-bond acceptors (Lipinski definition) is 8. The fourth-order valence-electron chi connectivity index (χ4n) is 5.49. The number of ether oxygens (including phenoxy) is 4. The molecular formula is C30H33NO7. The average molecular weight is 520 g/mol. The Labute approximate surface area is 222 Å². The molecule has 1 fully saturated rings. The summed E-state index contributed by atoms with van der Waals surface area (Å²) in [6.07, 6.45) is 0.367. The van der Waals surface area contributed by atoms with Gasteiger partial charge in [-0.2, -0.15) is 0 Å². The number of nitrogens with zero attached hydrogens (tertiary/aromatic N) is 1. The van der Waals surface area contributed by atoms with Crippen LogP contribution in [0.15, 0.2) is 64.8 Å². The third-order valence-electron chi connectivity index (χ3n) is 7.20. The molecule has 2 aromatic carbocycles. The second-order valence-electron chi connectivity index (χ2n) is 9.27. The zero-order valence-corrected chi connectivity index (χ0v) is 22.4. The number of Topliss-reactive ketones (excluding diaryl/α,β-unsaturated/α-hetero) is 1. The summed E-state index contributed by atoms with van der Waals surface area (Å²) in [5.41, 5.74) is 3.03. The number of carbonyl (C=O) groups is 3. The molecule has 1 saturated carbocycles. The fourth-order valence-corrected chi connectivity index (χ4v) is 5.49. The van der Waals surface area contributed by atoms with Gasteiger partial charge in [-0.1, -0.05) is 24.3 Å². The molecule has 0 N–H and O–H groups in total. The quantitative estimate of drug-likeness (QED) is 0.370. The number of carbonyl (C=O) groups excluding carboxylic acids is 3. The average Bonchev–Trinajstić information content (AvgIpc) is 2.92. The van der Waals surface area contributed by atoms with Crippen molar-refractivity contribution in [1.29, 1.82) is 0 Å². The van der Waals surface area contributed by atoms with Crippen LogP contribution < -0.4 is 9.47 Å². The lowest BCUT2D eigenvalue weighted by Crippen LogP contribution is -2.48. The van der Waals surface area contributed by atoms with Crippen molar-refractivity contribution in [2.75, 3.05) is 27.4 Å². The van der Waals surface area contributed by atoms with Gasteiger partial charge in [-0.05, 0) is 62.6 Å². The van der Waals surface area contributed by atoms with Gasteiger partial charge in [0.15, 0.2) is 5.78 Å². The van der Waals surface area contributed by atoms with Crippen LogP contribution in [-0.4, -0.2) is 50.9 Å². The van der Waals surface area contributed by atoms with Gasteiger partial charge in [0, 0.05) is 23.2 Å². The first-order valence-corrected chi connectivity index (χ1v) is 12.8. The van der Waals surface area contributed by atoms with Crippen molar-refractivity contribution in [2.45, 2.75) is 39.0 Å². The van der Waals surface area contributed by atoms with Crippen molar-refractivity contribution in [3.8, 4) is 11.5 Å². The summed E-state index contributed by atoms with van der Waals surface area (Å²) in [4.78, 5) is 45.5. The van der Waals surface area contributed by atoms with E-state index in [9.17, 15) is 14.4 Å². The summed E-state index contributed by atoms with van der Waals surface area (Å²) in [6, 6.07) is 14.6. The van der Waals surface area contributed by atoms with Crippen molar-refractivity contribution in [2.24, 2.45) is 16.8 Å². The van der Waals surface area contributed by atoms with Crippen LogP contribution in [0.4, 0.5) is 0 Å². The molecule has 0 amide bonds. The number of esters is 2. The van der Waals surface area contributed by atoms with Gasteiger partial charge in [0.05, 0.1) is 38.9 Å². The van der Waals surface area contributed by atoms with Crippen LogP contribution in [0.3, 0.4) is 0 Å². The van der Waals surface area contributed by atoms with Crippen LogP contribution in [0.5, 0.6) is 11.5 Å². The summed E-state index contributed by atoms with van der Waals surface area (Å²) in [5, 5.41) is 0. The number of allylic oxidation sites excluding steroid dienone is 1. The summed E-state index contributed by atoms with van der Waals surface area (Å²) in [7, 11) is 3.15. The van der Waals surface area contributed by atoms with Gasteiger partial charge in [0.2, 0.25) is 0 Å². The molecule has 0 aromatic heterocycles. The van der Waals surface area contributed by atoms with E-state index in [0.717, 1.165) is 11.1 Å². The molecular weight excluding hydrogens is 486 g/mol. The van der Waals surface area contributed by atoms with Gasteiger partial charge in [0.25, 0.3) is 0 Å². The molecule has 1 aliphatic heterocycles. The number of rotatable bonds is 8. The van der Waals surface area contributed by atoms with E-state index in [1.807, 2.05) is 24.3 Å². The van der Waals surface area contributed by atoms with Crippen LogP contribution in [0.2, 0.25) is 0 Å². The summed E-state index contributed by atoms with van der Waals surface area (Å²) in [5.74, 6) is -3.06. The highest BCUT2D eigenvalue weighted by molar-refractivity contribution is 6.17. The number of methoxy groups -OCH3 is 2. The minimum Gasteiger partial charge on any atom is -0.497 e. The van der Waals surface area contributed by atoms with Gasteiger partial charge >= 0.3 is 11.9 Å². The lowest BCUT2D eigenvalue weighted by Gasteiger charge is -2.41. The Morgan fingerprint density at radius 1 is 0.842 bits per heavy atom. The highest BCUT2D eigenvalue weighted by Crippen LogP contribution is 2.48. The number of aliphatic imine (C=N–C) groups is 1. The van der Waals surface area contributed by atoms with Crippen LogP contribution in [0.25, 0.3) is 0 Å². The number of benzene rings is 2. The van der Waals surface area contributed by atoms with E-state index in [2.05, 4.69) is 0 Å². The minimum absolute atomic E-state index is 0.151. The van der Waals surface area contributed by atoms with Crippen molar-refractivity contribution in [1.82, 2.24) is 0 Å². The molecule has 2 aliphatic rings. The molecule has 0 radical (unpaired) electrons. The summed E-state index contributed by atoms with van der Waals surface area (Å²) >= 11 is 0. The molecule has 8 nitrogen and oxygen atoms in total. The lowest BCUT2D eigenvalue weighted by atomic mass is 9.62.